The SMILES string of the molecule is CCCOCCC[C@H]1[C@H]2CCCCC[C@]1(C)c1cc(O)ccc1C2. The van der Waals surface area contributed by atoms with Gasteiger partial charge in [-0.25, -0.2) is 0 Å². The molecule has 0 saturated heterocycles. The molecule has 3 atom stereocenters. The lowest BCUT2D eigenvalue weighted by Crippen LogP contribution is -2.43. The van der Waals surface area contributed by atoms with Crippen LogP contribution in [0.3, 0.4) is 0 Å². The van der Waals surface area contributed by atoms with Gasteiger partial charge in [-0.2, -0.15) is 0 Å². The summed E-state index contributed by atoms with van der Waals surface area (Å²) in [6.45, 7) is 6.44. The van der Waals surface area contributed by atoms with Gasteiger partial charge < -0.3 is 9.84 Å². The van der Waals surface area contributed by atoms with Crippen molar-refractivity contribution in [3.8, 4) is 5.75 Å². The summed E-state index contributed by atoms with van der Waals surface area (Å²) >= 11 is 0. The van der Waals surface area contributed by atoms with Crippen molar-refractivity contribution in [1.29, 1.82) is 0 Å². The van der Waals surface area contributed by atoms with Crippen LogP contribution in [0, 0.1) is 11.8 Å². The molecule has 0 spiro atoms. The first kappa shape index (κ1) is 17.8. The molecular weight excluding hydrogens is 296 g/mol. The first-order chi connectivity index (χ1) is 11.6. The van der Waals surface area contributed by atoms with Crippen molar-refractivity contribution < 1.29 is 9.84 Å². The molecule has 2 heteroatoms. The maximum atomic E-state index is 10.1. The van der Waals surface area contributed by atoms with Crippen LogP contribution in [0.15, 0.2) is 18.2 Å². The van der Waals surface area contributed by atoms with Crippen LogP contribution in [0.4, 0.5) is 0 Å². The van der Waals surface area contributed by atoms with E-state index in [1.165, 1.54) is 62.5 Å². The molecule has 0 heterocycles. The summed E-state index contributed by atoms with van der Waals surface area (Å²) in [6.07, 6.45) is 11.5. The fourth-order valence-electron chi connectivity index (χ4n) is 5.32. The Kier molecular flexibility index (Phi) is 5.86. The van der Waals surface area contributed by atoms with Crippen molar-refractivity contribution >= 4 is 0 Å². The quantitative estimate of drug-likeness (QED) is 0.687. The minimum absolute atomic E-state index is 0.224. The Hall–Kier alpha value is -1.02. The topological polar surface area (TPSA) is 29.5 Å². The molecule has 1 aromatic rings. The first-order valence-corrected chi connectivity index (χ1v) is 10.0. The highest BCUT2D eigenvalue weighted by molar-refractivity contribution is 5.43. The minimum Gasteiger partial charge on any atom is -0.508 e. The third-order valence-corrected chi connectivity index (χ3v) is 6.50. The molecule has 0 aliphatic heterocycles. The highest BCUT2D eigenvalue weighted by Gasteiger charge is 2.45. The van der Waals surface area contributed by atoms with Gasteiger partial charge in [-0.05, 0) is 79.0 Å². The second-order valence-corrected chi connectivity index (χ2v) is 8.18. The van der Waals surface area contributed by atoms with E-state index in [4.69, 9.17) is 4.74 Å². The highest BCUT2D eigenvalue weighted by Crippen LogP contribution is 2.52. The standard InChI is InChI=1S/C22H34O2/c1-3-13-24-14-7-9-20-17-8-5-4-6-12-22(20,2)21-16-19(23)11-10-18(21)15-17/h10-11,16-17,20,23H,3-9,12-15H2,1-2H3/t17-,20-,22-/m0/s1. The summed E-state index contributed by atoms with van der Waals surface area (Å²) in [5.74, 6) is 1.97. The molecule has 1 N–H and O–H groups in total. The summed E-state index contributed by atoms with van der Waals surface area (Å²) in [5.41, 5.74) is 3.14. The van der Waals surface area contributed by atoms with Crippen LogP contribution in [0.1, 0.15) is 76.3 Å². The second-order valence-electron chi connectivity index (χ2n) is 8.18. The van der Waals surface area contributed by atoms with Crippen LogP contribution in [-0.4, -0.2) is 18.3 Å². The number of rotatable bonds is 6. The Balaban J connectivity index is 1.83. The maximum absolute atomic E-state index is 10.1. The molecule has 2 aliphatic carbocycles. The van der Waals surface area contributed by atoms with Gasteiger partial charge in [0.2, 0.25) is 0 Å². The lowest BCUT2D eigenvalue weighted by Gasteiger charge is -2.49. The van der Waals surface area contributed by atoms with E-state index >= 15 is 0 Å². The number of fused-ring (bicyclic) bond motifs is 4. The summed E-state index contributed by atoms with van der Waals surface area (Å²) in [7, 11) is 0. The van der Waals surface area contributed by atoms with Crippen molar-refractivity contribution in [2.45, 2.75) is 77.0 Å². The van der Waals surface area contributed by atoms with Gasteiger partial charge in [0.25, 0.3) is 0 Å². The number of phenolic OH excluding ortho intramolecular Hbond substituents is 1. The van der Waals surface area contributed by atoms with Gasteiger partial charge >= 0.3 is 0 Å². The first-order valence-electron chi connectivity index (χ1n) is 10.0. The van der Waals surface area contributed by atoms with Gasteiger partial charge in [-0.15, -0.1) is 0 Å². The van der Waals surface area contributed by atoms with Crippen molar-refractivity contribution in [2.75, 3.05) is 13.2 Å². The van der Waals surface area contributed by atoms with Crippen LogP contribution in [0.5, 0.6) is 5.75 Å². The number of aromatic hydroxyl groups is 1. The monoisotopic (exact) mass is 330 g/mol. The van der Waals surface area contributed by atoms with Gasteiger partial charge in [0.15, 0.2) is 0 Å². The van der Waals surface area contributed by atoms with Crippen molar-refractivity contribution in [3.63, 3.8) is 0 Å². The Morgan fingerprint density at radius 1 is 1.21 bits per heavy atom. The maximum Gasteiger partial charge on any atom is 0.115 e. The van der Waals surface area contributed by atoms with Crippen LogP contribution in [0.2, 0.25) is 0 Å². The fraction of sp³-hybridized carbons (Fsp3) is 0.727. The molecule has 0 aromatic heterocycles. The predicted octanol–water partition coefficient (Wildman–Crippen LogP) is 5.61. The number of ether oxygens (including phenoxy) is 1. The van der Waals surface area contributed by atoms with E-state index in [-0.39, 0.29) is 5.41 Å². The number of hydrogen-bond donors (Lipinski definition) is 1. The molecule has 0 unspecified atom stereocenters. The third-order valence-electron chi connectivity index (χ3n) is 6.50. The zero-order chi connectivity index (χ0) is 17.0. The minimum atomic E-state index is 0.224. The van der Waals surface area contributed by atoms with Gasteiger partial charge in [-0.1, -0.05) is 39.2 Å². The lowest BCUT2D eigenvalue weighted by atomic mass is 9.55. The number of hydrogen-bond acceptors (Lipinski definition) is 2. The molecule has 1 fully saturated rings. The molecule has 0 amide bonds. The van der Waals surface area contributed by atoms with E-state index < -0.39 is 0 Å². The average molecular weight is 331 g/mol. The summed E-state index contributed by atoms with van der Waals surface area (Å²) in [5, 5.41) is 10.1. The molecule has 0 radical (unpaired) electrons. The van der Waals surface area contributed by atoms with Crippen LogP contribution in [0.25, 0.3) is 0 Å². The van der Waals surface area contributed by atoms with E-state index in [0.717, 1.165) is 31.5 Å². The van der Waals surface area contributed by atoms with Crippen molar-refractivity contribution in [1.82, 2.24) is 0 Å². The summed E-state index contributed by atoms with van der Waals surface area (Å²) in [4.78, 5) is 0. The Labute approximate surface area is 147 Å². The van der Waals surface area contributed by atoms with E-state index in [1.807, 2.05) is 6.07 Å². The molecule has 2 nitrogen and oxygen atoms in total. The molecule has 1 aromatic carbocycles. The molecule has 2 aliphatic rings. The summed E-state index contributed by atoms with van der Waals surface area (Å²) < 4.78 is 5.73. The number of benzene rings is 1. The van der Waals surface area contributed by atoms with Gasteiger partial charge in [-0.3, -0.25) is 0 Å². The fourth-order valence-corrected chi connectivity index (χ4v) is 5.32. The molecule has 1 saturated carbocycles. The van der Waals surface area contributed by atoms with Gasteiger partial charge in [0.1, 0.15) is 5.75 Å². The van der Waals surface area contributed by atoms with Crippen molar-refractivity contribution in [3.05, 3.63) is 29.3 Å². The van der Waals surface area contributed by atoms with Crippen LogP contribution < -0.4 is 0 Å². The van der Waals surface area contributed by atoms with E-state index in [9.17, 15) is 5.11 Å². The molecule has 2 bridgehead atoms. The van der Waals surface area contributed by atoms with Gasteiger partial charge in [0.05, 0.1) is 0 Å². The second kappa shape index (κ2) is 7.91. The zero-order valence-corrected chi connectivity index (χ0v) is 15.5. The number of phenols is 1. The molecular formula is C22H34O2. The van der Waals surface area contributed by atoms with Crippen LogP contribution >= 0.6 is 0 Å². The van der Waals surface area contributed by atoms with Crippen LogP contribution in [-0.2, 0) is 16.6 Å². The zero-order valence-electron chi connectivity index (χ0n) is 15.5. The Bertz CT molecular complexity index is 539. The predicted molar refractivity (Wildman–Crippen MR) is 99.6 cm³/mol. The molecule has 3 rings (SSSR count). The Morgan fingerprint density at radius 2 is 2.08 bits per heavy atom. The lowest BCUT2D eigenvalue weighted by molar-refractivity contribution is 0.0926. The largest absolute Gasteiger partial charge is 0.508 e. The summed E-state index contributed by atoms with van der Waals surface area (Å²) in [6, 6.07) is 6.12. The average Bonchev–Trinajstić information content (AvgIpc) is 2.56. The molecule has 134 valence electrons. The van der Waals surface area contributed by atoms with E-state index in [0.29, 0.717) is 5.75 Å². The molecule has 24 heavy (non-hydrogen) atoms. The van der Waals surface area contributed by atoms with Gasteiger partial charge in [0, 0.05) is 13.2 Å². The highest BCUT2D eigenvalue weighted by atomic mass is 16.5. The Morgan fingerprint density at radius 3 is 2.92 bits per heavy atom. The smallest absolute Gasteiger partial charge is 0.115 e. The third kappa shape index (κ3) is 3.64. The normalized spacial score (nSPS) is 29.6. The van der Waals surface area contributed by atoms with E-state index in [2.05, 4.69) is 26.0 Å². The van der Waals surface area contributed by atoms with Crippen molar-refractivity contribution in [2.24, 2.45) is 11.8 Å². The van der Waals surface area contributed by atoms with E-state index in [1.54, 1.807) is 0 Å².